The van der Waals surface area contributed by atoms with Crippen LogP contribution in [0.25, 0.3) is 16.7 Å². The Kier molecular flexibility index (Phi) is 8.34. The fraction of sp³-hybridized carbons (Fsp3) is 0.310. The van der Waals surface area contributed by atoms with Crippen LogP contribution in [0.1, 0.15) is 46.5 Å². The molecule has 214 valence electrons. The zero-order chi connectivity index (χ0) is 29.1. The van der Waals surface area contributed by atoms with Crippen molar-refractivity contribution in [2.24, 2.45) is 5.92 Å². The van der Waals surface area contributed by atoms with E-state index < -0.39 is 12.5 Å². The average molecular weight is 584 g/mol. The van der Waals surface area contributed by atoms with Gasteiger partial charge in [0.05, 0.1) is 28.5 Å². The number of amides is 2. The second kappa shape index (κ2) is 12.1. The van der Waals surface area contributed by atoms with Gasteiger partial charge in [-0.15, -0.1) is 0 Å². The highest BCUT2D eigenvalue weighted by atomic mass is 35.5. The standard InChI is InChI=1S/C29H28ClF2N5O4/c1-33-27(39)22-12-11-20(15-34-22)37-24-5-3-2-4-23(24)36(29(37)40)16-17-6-9-19(10-7-17)35-26(38)21-14-18(30)8-13-25(21)41-28(31)32/h2-5,8,11-15,17,19,28H,6-7,9-10,16H2,1H3,(H,33,39)(H,35,38)/t17-,19-. The minimum atomic E-state index is -3.06. The molecule has 41 heavy (non-hydrogen) atoms. The summed E-state index contributed by atoms with van der Waals surface area (Å²) < 4.78 is 33.4. The lowest BCUT2D eigenvalue weighted by atomic mass is 9.85. The first-order chi connectivity index (χ1) is 19.7. The number of hydrogen-bond donors (Lipinski definition) is 2. The van der Waals surface area contributed by atoms with Crippen LogP contribution in [-0.2, 0) is 6.54 Å². The number of nitrogens with one attached hydrogen (secondary N) is 2. The Morgan fingerprint density at radius 2 is 1.78 bits per heavy atom. The molecule has 2 aromatic heterocycles. The largest absolute Gasteiger partial charge is 0.434 e. The maximum absolute atomic E-state index is 13.6. The van der Waals surface area contributed by atoms with Crippen LogP contribution >= 0.6 is 11.6 Å². The molecule has 12 heteroatoms. The molecule has 4 aromatic rings. The smallest absolute Gasteiger partial charge is 0.387 e. The van der Waals surface area contributed by atoms with Gasteiger partial charge in [0.2, 0.25) is 0 Å². The van der Waals surface area contributed by atoms with E-state index in [4.69, 9.17) is 11.6 Å². The van der Waals surface area contributed by atoms with Gasteiger partial charge in [-0.25, -0.2) is 9.78 Å². The second-order valence-corrected chi connectivity index (χ2v) is 10.3. The molecule has 9 nitrogen and oxygen atoms in total. The zero-order valence-electron chi connectivity index (χ0n) is 22.1. The van der Waals surface area contributed by atoms with E-state index in [1.54, 1.807) is 21.3 Å². The topological polar surface area (TPSA) is 107 Å². The molecular weight excluding hydrogens is 556 g/mol. The fourth-order valence-electron chi connectivity index (χ4n) is 5.30. The zero-order valence-corrected chi connectivity index (χ0v) is 22.9. The number of fused-ring (bicyclic) bond motifs is 1. The van der Waals surface area contributed by atoms with Gasteiger partial charge in [0.15, 0.2) is 0 Å². The van der Waals surface area contributed by atoms with Crippen LogP contribution in [-0.4, -0.2) is 45.6 Å². The van der Waals surface area contributed by atoms with Crippen LogP contribution in [0.4, 0.5) is 8.78 Å². The normalized spacial score (nSPS) is 17.0. The first-order valence-corrected chi connectivity index (χ1v) is 13.6. The third-order valence-corrected chi connectivity index (χ3v) is 7.56. The van der Waals surface area contributed by atoms with Gasteiger partial charge in [-0.1, -0.05) is 23.7 Å². The van der Waals surface area contributed by atoms with E-state index in [0.717, 1.165) is 23.9 Å². The van der Waals surface area contributed by atoms with Crippen molar-refractivity contribution >= 4 is 34.4 Å². The van der Waals surface area contributed by atoms with Gasteiger partial charge in [-0.05, 0) is 74.1 Å². The Hall–Kier alpha value is -4.25. The number of aromatic nitrogens is 3. The molecule has 5 rings (SSSR count). The number of rotatable bonds is 8. The van der Waals surface area contributed by atoms with E-state index in [1.165, 1.54) is 31.4 Å². The maximum Gasteiger partial charge on any atom is 0.387 e. The molecule has 0 atom stereocenters. The van der Waals surface area contributed by atoms with Crippen LogP contribution in [0.15, 0.2) is 65.6 Å². The molecular formula is C29H28ClF2N5O4. The highest BCUT2D eigenvalue weighted by Crippen LogP contribution is 2.29. The molecule has 1 fully saturated rings. The quantitative estimate of drug-likeness (QED) is 0.310. The molecule has 0 saturated heterocycles. The first kappa shape index (κ1) is 28.3. The number of benzene rings is 2. The second-order valence-electron chi connectivity index (χ2n) is 9.91. The van der Waals surface area contributed by atoms with Crippen LogP contribution < -0.4 is 21.1 Å². The Balaban J connectivity index is 1.29. The molecule has 0 unspecified atom stereocenters. The number of carbonyl (C=O) groups is 2. The summed E-state index contributed by atoms with van der Waals surface area (Å²) in [7, 11) is 1.53. The molecule has 0 bridgehead atoms. The van der Waals surface area contributed by atoms with E-state index in [0.29, 0.717) is 25.1 Å². The van der Waals surface area contributed by atoms with Crippen LogP contribution in [0.3, 0.4) is 0 Å². The number of carbonyl (C=O) groups excluding carboxylic acids is 2. The van der Waals surface area contributed by atoms with Crippen molar-refractivity contribution in [3.05, 3.63) is 87.6 Å². The number of halogens is 3. The Morgan fingerprint density at radius 3 is 2.44 bits per heavy atom. The van der Waals surface area contributed by atoms with Crippen molar-refractivity contribution in [3.8, 4) is 11.4 Å². The molecule has 0 aliphatic heterocycles. The summed E-state index contributed by atoms with van der Waals surface area (Å²) in [5.74, 6) is -0.878. The van der Waals surface area contributed by atoms with Gasteiger partial charge in [-0.2, -0.15) is 8.78 Å². The third-order valence-electron chi connectivity index (χ3n) is 7.33. The van der Waals surface area contributed by atoms with Gasteiger partial charge in [0, 0.05) is 24.7 Å². The summed E-state index contributed by atoms with van der Waals surface area (Å²) in [6.07, 6.45) is 4.36. The summed E-state index contributed by atoms with van der Waals surface area (Å²) in [6, 6.07) is 14.6. The van der Waals surface area contributed by atoms with Crippen molar-refractivity contribution in [1.82, 2.24) is 24.8 Å². The van der Waals surface area contributed by atoms with Gasteiger partial charge in [-0.3, -0.25) is 18.7 Å². The number of alkyl halides is 2. The predicted molar refractivity (Wildman–Crippen MR) is 150 cm³/mol. The van der Waals surface area contributed by atoms with Crippen molar-refractivity contribution in [3.63, 3.8) is 0 Å². The molecule has 2 heterocycles. The summed E-state index contributed by atoms with van der Waals surface area (Å²) >= 11 is 5.98. The molecule has 1 aliphatic carbocycles. The molecule has 0 spiro atoms. The van der Waals surface area contributed by atoms with Gasteiger partial charge in [0.1, 0.15) is 11.4 Å². The Bertz CT molecular complexity index is 1630. The Labute approximate surface area is 239 Å². The number of imidazole rings is 1. The lowest BCUT2D eigenvalue weighted by Gasteiger charge is -2.29. The highest BCUT2D eigenvalue weighted by molar-refractivity contribution is 6.31. The van der Waals surface area contributed by atoms with Crippen LogP contribution in [0.5, 0.6) is 5.75 Å². The lowest BCUT2D eigenvalue weighted by Crippen LogP contribution is -2.38. The average Bonchev–Trinajstić information content (AvgIpc) is 3.25. The minimum Gasteiger partial charge on any atom is -0.434 e. The van der Waals surface area contributed by atoms with Crippen LogP contribution in [0, 0.1) is 5.92 Å². The van der Waals surface area contributed by atoms with E-state index in [9.17, 15) is 23.2 Å². The number of nitrogens with zero attached hydrogens (tertiary/aromatic N) is 3. The van der Waals surface area contributed by atoms with Crippen molar-refractivity contribution < 1.29 is 23.1 Å². The van der Waals surface area contributed by atoms with E-state index in [1.807, 2.05) is 24.3 Å². The van der Waals surface area contributed by atoms with Gasteiger partial charge in [0.25, 0.3) is 11.8 Å². The molecule has 2 aromatic carbocycles. The van der Waals surface area contributed by atoms with Crippen molar-refractivity contribution in [1.29, 1.82) is 0 Å². The third kappa shape index (κ3) is 6.09. The van der Waals surface area contributed by atoms with E-state index in [2.05, 4.69) is 20.4 Å². The monoisotopic (exact) mass is 583 g/mol. The number of hydrogen-bond acceptors (Lipinski definition) is 5. The Morgan fingerprint density at radius 1 is 1.05 bits per heavy atom. The fourth-order valence-corrected chi connectivity index (χ4v) is 5.48. The first-order valence-electron chi connectivity index (χ1n) is 13.2. The number of para-hydroxylation sites is 2. The summed E-state index contributed by atoms with van der Waals surface area (Å²) in [6.45, 7) is -2.57. The lowest BCUT2D eigenvalue weighted by molar-refractivity contribution is -0.0501. The summed E-state index contributed by atoms with van der Waals surface area (Å²) in [4.78, 5) is 42.6. The maximum atomic E-state index is 13.6. The summed E-state index contributed by atoms with van der Waals surface area (Å²) in [5, 5.41) is 5.68. The molecule has 2 amide bonds. The molecule has 2 N–H and O–H groups in total. The van der Waals surface area contributed by atoms with Crippen molar-refractivity contribution in [2.45, 2.75) is 44.9 Å². The van der Waals surface area contributed by atoms with Crippen molar-refractivity contribution in [2.75, 3.05) is 7.05 Å². The predicted octanol–water partition coefficient (Wildman–Crippen LogP) is 4.79. The molecule has 1 aliphatic rings. The van der Waals surface area contributed by atoms with Gasteiger partial charge < -0.3 is 15.4 Å². The minimum absolute atomic E-state index is 0.0443. The molecule has 1 saturated carbocycles. The van der Waals surface area contributed by atoms with Gasteiger partial charge >= 0.3 is 12.3 Å². The highest BCUT2D eigenvalue weighted by Gasteiger charge is 2.26. The SMILES string of the molecule is CNC(=O)c1ccc(-n2c(=O)n(C[C@H]3CC[C@H](NC(=O)c4cc(Cl)ccc4OC(F)F)CC3)c3ccccc32)cn1. The van der Waals surface area contributed by atoms with E-state index >= 15 is 0 Å². The summed E-state index contributed by atoms with van der Waals surface area (Å²) in [5.41, 5.74) is 2.08. The van der Waals surface area contributed by atoms with Crippen LogP contribution in [0.2, 0.25) is 5.02 Å². The number of pyridine rings is 1. The molecule has 0 radical (unpaired) electrons. The number of ether oxygens (including phenoxy) is 1. The van der Waals surface area contributed by atoms with E-state index in [-0.39, 0.29) is 45.6 Å².